The van der Waals surface area contributed by atoms with Gasteiger partial charge in [-0.05, 0) is 85.8 Å². The maximum Gasteiger partial charge on any atom is 0.173 e. The van der Waals surface area contributed by atoms with E-state index in [9.17, 15) is 0 Å². The lowest BCUT2D eigenvalue weighted by Gasteiger charge is -2.54. The summed E-state index contributed by atoms with van der Waals surface area (Å²) >= 11 is 0. The second-order valence-electron chi connectivity index (χ2n) is 11.3. The molecule has 6 rings (SSSR count). The monoisotopic (exact) mass is 546 g/mol. The average Bonchev–Trinajstić information content (AvgIpc) is 2.95. The smallest absolute Gasteiger partial charge is 0.173 e. The van der Waals surface area contributed by atoms with E-state index in [2.05, 4.69) is 76.2 Å². The first-order valence-corrected chi connectivity index (χ1v) is 18.5. The third-order valence-electron chi connectivity index (χ3n) is 8.65. The van der Waals surface area contributed by atoms with Gasteiger partial charge in [0, 0.05) is 31.9 Å². The highest BCUT2D eigenvalue weighted by atomic mass is 31.2. The van der Waals surface area contributed by atoms with Gasteiger partial charge in [0.2, 0.25) is 0 Å². The van der Waals surface area contributed by atoms with Crippen LogP contribution in [0.4, 0.5) is 0 Å². The summed E-state index contributed by atoms with van der Waals surface area (Å²) in [5, 5.41) is 5.92. The van der Waals surface area contributed by atoms with Gasteiger partial charge in [0.15, 0.2) is 14.3 Å². The van der Waals surface area contributed by atoms with E-state index in [1.54, 1.807) is 0 Å². The van der Waals surface area contributed by atoms with Crippen molar-refractivity contribution in [3.05, 3.63) is 92.1 Å². The highest BCUT2D eigenvalue weighted by molar-refractivity contribution is 7.94. The Labute approximate surface area is 230 Å². The third-order valence-corrected chi connectivity index (χ3v) is 15.9. The normalized spacial score (nSPS) is 23.1. The van der Waals surface area contributed by atoms with Gasteiger partial charge < -0.3 is 9.13 Å². The minimum Gasteiger partial charge on any atom is -0.309 e. The van der Waals surface area contributed by atoms with Crippen LogP contribution in [0.15, 0.2) is 69.8 Å². The Bertz CT molecular complexity index is 1260. The van der Waals surface area contributed by atoms with Gasteiger partial charge in [-0.25, -0.2) is 0 Å². The van der Waals surface area contributed by atoms with Crippen LogP contribution in [0.25, 0.3) is 0 Å². The average molecular weight is 547 g/mol. The van der Waals surface area contributed by atoms with Gasteiger partial charge in [0.05, 0.1) is 0 Å². The predicted octanol–water partition coefficient (Wildman–Crippen LogP) is 9.75. The van der Waals surface area contributed by atoms with Crippen molar-refractivity contribution >= 4 is 24.9 Å². The van der Waals surface area contributed by atoms with Crippen LogP contribution in [0.5, 0.6) is 0 Å². The maximum atomic E-state index is 15.2. The number of benzene rings is 2. The largest absolute Gasteiger partial charge is 0.309 e. The number of unbranched alkanes of at least 4 members (excludes halogenated alkanes) is 4. The van der Waals surface area contributed by atoms with Crippen LogP contribution in [0.2, 0.25) is 0 Å². The van der Waals surface area contributed by atoms with E-state index in [1.165, 1.54) is 22.3 Å². The van der Waals surface area contributed by atoms with Gasteiger partial charge in [-0.15, -0.1) is 0 Å². The Kier molecular flexibility index (Phi) is 8.24. The highest BCUT2D eigenvalue weighted by Gasteiger charge is 2.67. The molecule has 0 N–H and O–H groups in total. The molecule has 0 saturated heterocycles. The standard InChI is InChI=1S/C34H44O2P2/c1-5-9-15-25-19-13-20-26(16-10-6-2)31(25)37(35)29-23-24-30-33(37)34(29)38(30,36)32-27(17-11-7-3)21-14-22-28(32)18-12-8-4/h13-14,19-24H,5-12,15-18H2,1-4H3. The summed E-state index contributed by atoms with van der Waals surface area (Å²) in [6.45, 7) is 8.87. The minimum atomic E-state index is -2.89. The fraction of sp³-hybridized carbons (Fsp3) is 0.471. The Morgan fingerprint density at radius 3 is 1.03 bits per heavy atom. The number of hydrogen-bond donors (Lipinski definition) is 0. The first kappa shape index (κ1) is 27.7. The van der Waals surface area contributed by atoms with E-state index < -0.39 is 14.3 Å². The predicted molar refractivity (Wildman–Crippen MR) is 165 cm³/mol. The van der Waals surface area contributed by atoms with Crippen molar-refractivity contribution in [3.8, 4) is 0 Å². The molecule has 0 amide bonds. The van der Waals surface area contributed by atoms with Crippen molar-refractivity contribution in [1.82, 2.24) is 0 Å². The van der Waals surface area contributed by atoms with E-state index in [1.807, 2.05) is 0 Å². The van der Waals surface area contributed by atoms with Gasteiger partial charge in [-0.3, -0.25) is 0 Å². The molecule has 2 aromatic carbocycles. The van der Waals surface area contributed by atoms with E-state index >= 15 is 9.13 Å². The second-order valence-corrected chi connectivity index (χ2v) is 16.5. The molecule has 0 fully saturated rings. The molecule has 38 heavy (non-hydrogen) atoms. The Hall–Kier alpha value is -1.88. The van der Waals surface area contributed by atoms with E-state index in [-0.39, 0.29) is 0 Å². The molecule has 0 saturated carbocycles. The first-order valence-electron chi connectivity index (χ1n) is 15.1. The lowest BCUT2D eigenvalue weighted by Crippen LogP contribution is -2.37. The molecule has 0 spiro atoms. The molecule has 0 radical (unpaired) electrons. The van der Waals surface area contributed by atoms with Crippen LogP contribution in [0.3, 0.4) is 0 Å². The number of aryl methyl sites for hydroxylation is 4. The van der Waals surface area contributed by atoms with Crippen LogP contribution in [-0.4, -0.2) is 0 Å². The minimum absolute atomic E-state index is 0.902. The molecular formula is C34H44O2P2. The molecule has 4 aliphatic rings. The van der Waals surface area contributed by atoms with Crippen molar-refractivity contribution in [2.45, 2.75) is 105 Å². The number of rotatable bonds is 14. The van der Waals surface area contributed by atoms with Crippen molar-refractivity contribution in [1.29, 1.82) is 0 Å². The SMILES string of the molecule is CCCCc1cccc(CCCC)c1P1(=O)C2=CC=C3C1=C2P3(=O)c1c(CCCC)cccc1CCCC. The number of fused-ring (bicyclic) bond motifs is 1. The fourth-order valence-electron chi connectivity index (χ4n) is 6.66. The van der Waals surface area contributed by atoms with E-state index in [4.69, 9.17) is 0 Å². The third kappa shape index (κ3) is 4.14. The second kappa shape index (κ2) is 11.3. The molecule has 2 nitrogen and oxygen atoms in total. The molecule has 202 valence electrons. The van der Waals surface area contributed by atoms with Crippen molar-refractivity contribution < 1.29 is 9.13 Å². The Morgan fingerprint density at radius 2 is 0.789 bits per heavy atom. The number of hydrogen-bond acceptors (Lipinski definition) is 2. The van der Waals surface area contributed by atoms with Crippen LogP contribution in [-0.2, 0) is 34.8 Å². The molecular weight excluding hydrogens is 502 g/mol. The zero-order chi connectivity index (χ0) is 26.9. The summed E-state index contributed by atoms with van der Waals surface area (Å²) in [5.74, 6) is 0. The van der Waals surface area contributed by atoms with Gasteiger partial charge in [0.1, 0.15) is 0 Å². The molecule has 4 bridgehead atoms. The molecule has 2 aromatic rings. The van der Waals surface area contributed by atoms with Crippen molar-refractivity contribution in [2.24, 2.45) is 0 Å². The van der Waals surface area contributed by atoms with E-state index in [0.717, 1.165) is 109 Å². The van der Waals surface area contributed by atoms with Crippen molar-refractivity contribution in [3.63, 3.8) is 0 Å². The first-order chi connectivity index (χ1) is 18.5. The summed E-state index contributed by atoms with van der Waals surface area (Å²) in [6, 6.07) is 13.1. The zero-order valence-electron chi connectivity index (χ0n) is 23.8. The van der Waals surface area contributed by atoms with E-state index in [0.29, 0.717) is 0 Å². The summed E-state index contributed by atoms with van der Waals surface area (Å²) in [7, 11) is -5.79. The molecule has 4 heterocycles. The summed E-state index contributed by atoms with van der Waals surface area (Å²) < 4.78 is 30.3. The molecule has 2 atom stereocenters. The maximum absolute atomic E-state index is 15.2. The lowest BCUT2D eigenvalue weighted by atomic mass is 10.0. The summed E-state index contributed by atoms with van der Waals surface area (Å²) in [6.07, 6.45) is 16.9. The topological polar surface area (TPSA) is 34.1 Å². The van der Waals surface area contributed by atoms with Gasteiger partial charge in [-0.1, -0.05) is 89.8 Å². The summed E-state index contributed by atoms with van der Waals surface area (Å²) in [4.78, 5) is 0. The molecule has 4 aliphatic heterocycles. The number of allylic oxidation sites excluding steroid dienone is 6. The molecule has 4 heteroatoms. The molecule has 0 aliphatic carbocycles. The van der Waals surface area contributed by atoms with Gasteiger partial charge in [-0.2, -0.15) is 0 Å². The van der Waals surface area contributed by atoms with Crippen molar-refractivity contribution in [2.75, 3.05) is 0 Å². The Morgan fingerprint density at radius 1 is 0.500 bits per heavy atom. The fourth-order valence-corrected chi connectivity index (χ4v) is 15.7. The Balaban J connectivity index is 1.65. The molecule has 0 aromatic heterocycles. The van der Waals surface area contributed by atoms with Gasteiger partial charge in [0.25, 0.3) is 0 Å². The quantitative estimate of drug-likeness (QED) is 0.221. The van der Waals surface area contributed by atoms with Crippen LogP contribution in [0, 0.1) is 0 Å². The summed E-state index contributed by atoms with van der Waals surface area (Å²) in [5.41, 5.74) is 4.99. The van der Waals surface area contributed by atoms with Gasteiger partial charge >= 0.3 is 0 Å². The zero-order valence-corrected chi connectivity index (χ0v) is 25.6. The van der Waals surface area contributed by atoms with Crippen LogP contribution >= 0.6 is 14.3 Å². The molecule has 2 unspecified atom stereocenters. The van der Waals surface area contributed by atoms with Crippen LogP contribution < -0.4 is 10.6 Å². The highest BCUT2D eigenvalue weighted by Crippen LogP contribution is 2.95. The van der Waals surface area contributed by atoms with Crippen LogP contribution in [0.1, 0.15) is 101 Å². The lowest BCUT2D eigenvalue weighted by molar-refractivity contribution is 0.577.